The molecule has 0 amide bonds. The van der Waals surface area contributed by atoms with Crippen molar-refractivity contribution in [3.8, 4) is 5.75 Å². The van der Waals surface area contributed by atoms with Crippen molar-refractivity contribution >= 4 is 0 Å². The molecule has 1 aromatic carbocycles. The van der Waals surface area contributed by atoms with E-state index in [4.69, 9.17) is 9.47 Å². The summed E-state index contributed by atoms with van der Waals surface area (Å²) in [4.78, 5) is 0. The van der Waals surface area contributed by atoms with E-state index < -0.39 is 6.10 Å². The smallest absolute Gasteiger partial charge is 0.119 e. The van der Waals surface area contributed by atoms with Crippen LogP contribution in [0.2, 0.25) is 0 Å². The normalized spacial score (nSPS) is 14.0. The van der Waals surface area contributed by atoms with Crippen LogP contribution in [0.3, 0.4) is 0 Å². The maximum absolute atomic E-state index is 9.63. The van der Waals surface area contributed by atoms with E-state index in [-0.39, 0.29) is 6.61 Å². The molecule has 0 heterocycles. The molecule has 1 rings (SSSR count). The highest BCUT2D eigenvalue weighted by atomic mass is 16.5. The Balaban J connectivity index is 2.45. The second-order valence-electron chi connectivity index (χ2n) is 4.71. The number of aliphatic hydroxyl groups excluding tert-OH is 1. The van der Waals surface area contributed by atoms with Crippen molar-refractivity contribution in [3.05, 3.63) is 29.8 Å². The minimum absolute atomic E-state index is 0.254. The van der Waals surface area contributed by atoms with Gasteiger partial charge in [-0.1, -0.05) is 26.0 Å². The van der Waals surface area contributed by atoms with Crippen molar-refractivity contribution in [1.82, 2.24) is 5.32 Å². The Labute approximate surface area is 122 Å². The highest BCUT2D eigenvalue weighted by molar-refractivity contribution is 5.29. The van der Waals surface area contributed by atoms with E-state index in [1.165, 1.54) is 5.56 Å². The summed E-state index contributed by atoms with van der Waals surface area (Å²) >= 11 is 0. The molecule has 2 atom stereocenters. The summed E-state index contributed by atoms with van der Waals surface area (Å²) in [5.74, 6) is 0.774. The Morgan fingerprint density at radius 1 is 1.10 bits per heavy atom. The molecule has 0 saturated carbocycles. The van der Waals surface area contributed by atoms with Crippen LogP contribution < -0.4 is 10.1 Å². The van der Waals surface area contributed by atoms with Crippen LogP contribution in [0.15, 0.2) is 24.3 Å². The first-order valence-electron chi connectivity index (χ1n) is 7.43. The largest absolute Gasteiger partial charge is 0.491 e. The average molecular weight is 281 g/mol. The molecule has 0 bridgehead atoms. The summed E-state index contributed by atoms with van der Waals surface area (Å²) in [6.07, 6.45) is 0.473. The second-order valence-corrected chi connectivity index (χ2v) is 4.71. The van der Waals surface area contributed by atoms with Gasteiger partial charge in [0.05, 0.1) is 6.61 Å². The molecule has 0 aliphatic heterocycles. The highest BCUT2D eigenvalue weighted by Crippen LogP contribution is 2.20. The molecule has 0 aromatic heterocycles. The number of rotatable bonds is 10. The summed E-state index contributed by atoms with van der Waals surface area (Å²) in [6, 6.07) is 8.42. The predicted molar refractivity (Wildman–Crippen MR) is 81.1 cm³/mol. The van der Waals surface area contributed by atoms with E-state index in [0.29, 0.717) is 19.3 Å². The summed E-state index contributed by atoms with van der Waals surface area (Å²) in [7, 11) is 0. The van der Waals surface area contributed by atoms with Gasteiger partial charge in [-0.05, 0) is 37.6 Å². The van der Waals surface area contributed by atoms with Gasteiger partial charge in [0.15, 0.2) is 0 Å². The molecule has 2 N–H and O–H groups in total. The van der Waals surface area contributed by atoms with Crippen LogP contribution in [-0.4, -0.2) is 37.6 Å². The molecule has 0 saturated heterocycles. The van der Waals surface area contributed by atoms with Gasteiger partial charge in [0.1, 0.15) is 18.5 Å². The number of benzene rings is 1. The number of nitrogens with one attached hydrogen (secondary N) is 1. The van der Waals surface area contributed by atoms with E-state index in [1.807, 2.05) is 19.1 Å². The maximum Gasteiger partial charge on any atom is 0.119 e. The highest BCUT2D eigenvalue weighted by Gasteiger charge is 2.08. The van der Waals surface area contributed by atoms with Crippen LogP contribution in [0, 0.1) is 0 Å². The van der Waals surface area contributed by atoms with Crippen LogP contribution in [0.5, 0.6) is 5.75 Å². The second kappa shape index (κ2) is 9.75. The molecular weight excluding hydrogens is 254 g/mol. The SMILES string of the molecule is CCNC(CC)c1ccc(OCC(O)COCC)cc1. The Kier molecular flexibility index (Phi) is 8.26. The standard InChI is InChI=1S/C16H27NO3/c1-4-16(17-5-2)13-7-9-15(10-8-13)20-12-14(18)11-19-6-3/h7-10,14,16-18H,4-6,11-12H2,1-3H3. The zero-order valence-electron chi connectivity index (χ0n) is 12.8. The van der Waals surface area contributed by atoms with Gasteiger partial charge in [0, 0.05) is 12.6 Å². The topological polar surface area (TPSA) is 50.7 Å². The predicted octanol–water partition coefficient (Wildman–Crippen LogP) is 2.52. The van der Waals surface area contributed by atoms with Crippen LogP contribution in [0.4, 0.5) is 0 Å². The van der Waals surface area contributed by atoms with E-state index in [0.717, 1.165) is 18.7 Å². The zero-order valence-corrected chi connectivity index (χ0v) is 12.8. The number of hydrogen-bond donors (Lipinski definition) is 2. The van der Waals surface area contributed by atoms with Gasteiger partial charge < -0.3 is 19.9 Å². The van der Waals surface area contributed by atoms with E-state index in [9.17, 15) is 5.11 Å². The lowest BCUT2D eigenvalue weighted by Gasteiger charge is -2.17. The Hall–Kier alpha value is -1.10. The lowest BCUT2D eigenvalue weighted by Crippen LogP contribution is -2.23. The fourth-order valence-corrected chi connectivity index (χ4v) is 2.04. The van der Waals surface area contributed by atoms with Gasteiger partial charge in [-0.15, -0.1) is 0 Å². The van der Waals surface area contributed by atoms with Gasteiger partial charge in [0.2, 0.25) is 0 Å². The zero-order chi connectivity index (χ0) is 14.8. The van der Waals surface area contributed by atoms with E-state index in [2.05, 4.69) is 31.3 Å². The van der Waals surface area contributed by atoms with Crippen LogP contribution in [0.1, 0.15) is 38.8 Å². The minimum atomic E-state index is -0.584. The van der Waals surface area contributed by atoms with Gasteiger partial charge in [-0.3, -0.25) is 0 Å². The first-order chi connectivity index (χ1) is 9.71. The monoisotopic (exact) mass is 281 g/mol. The van der Waals surface area contributed by atoms with Crippen molar-refractivity contribution in [3.63, 3.8) is 0 Å². The fraction of sp³-hybridized carbons (Fsp3) is 0.625. The molecule has 114 valence electrons. The Morgan fingerprint density at radius 2 is 1.80 bits per heavy atom. The number of hydrogen-bond acceptors (Lipinski definition) is 4. The molecule has 0 radical (unpaired) electrons. The summed E-state index contributed by atoms with van der Waals surface area (Å²) in [5, 5.41) is 13.1. The molecule has 0 spiro atoms. The van der Waals surface area contributed by atoms with Crippen LogP contribution in [0.25, 0.3) is 0 Å². The van der Waals surface area contributed by atoms with Gasteiger partial charge >= 0.3 is 0 Å². The maximum atomic E-state index is 9.63. The quantitative estimate of drug-likeness (QED) is 0.692. The van der Waals surface area contributed by atoms with E-state index >= 15 is 0 Å². The van der Waals surface area contributed by atoms with Gasteiger partial charge in [0.25, 0.3) is 0 Å². The first kappa shape index (κ1) is 17.0. The minimum Gasteiger partial charge on any atom is -0.491 e. The molecule has 20 heavy (non-hydrogen) atoms. The number of aliphatic hydroxyl groups is 1. The van der Waals surface area contributed by atoms with Crippen LogP contribution >= 0.6 is 0 Å². The van der Waals surface area contributed by atoms with Crippen molar-refractivity contribution in [2.45, 2.75) is 39.3 Å². The van der Waals surface area contributed by atoms with Crippen molar-refractivity contribution in [2.24, 2.45) is 0 Å². The molecule has 4 nitrogen and oxygen atoms in total. The van der Waals surface area contributed by atoms with Gasteiger partial charge in [-0.25, -0.2) is 0 Å². The van der Waals surface area contributed by atoms with Crippen molar-refractivity contribution < 1.29 is 14.6 Å². The third kappa shape index (κ3) is 5.90. The van der Waals surface area contributed by atoms with Crippen LogP contribution in [-0.2, 0) is 4.74 Å². The van der Waals surface area contributed by atoms with E-state index in [1.54, 1.807) is 0 Å². The molecule has 2 unspecified atom stereocenters. The summed E-state index contributed by atoms with van der Waals surface area (Å²) in [5.41, 5.74) is 1.26. The molecule has 0 aliphatic carbocycles. The van der Waals surface area contributed by atoms with Gasteiger partial charge in [-0.2, -0.15) is 0 Å². The summed E-state index contributed by atoms with van der Waals surface area (Å²) in [6.45, 7) is 8.31. The van der Waals surface area contributed by atoms with Crippen molar-refractivity contribution in [1.29, 1.82) is 0 Å². The molecule has 1 aromatic rings. The average Bonchev–Trinajstić information content (AvgIpc) is 2.49. The lowest BCUT2D eigenvalue weighted by atomic mass is 10.0. The van der Waals surface area contributed by atoms with Crippen molar-refractivity contribution in [2.75, 3.05) is 26.4 Å². The lowest BCUT2D eigenvalue weighted by molar-refractivity contribution is 0.0164. The molecular formula is C16H27NO3. The first-order valence-corrected chi connectivity index (χ1v) is 7.43. The Bertz CT molecular complexity index is 353. The third-order valence-corrected chi connectivity index (χ3v) is 3.10. The fourth-order valence-electron chi connectivity index (χ4n) is 2.04. The molecule has 0 aliphatic rings. The Morgan fingerprint density at radius 3 is 2.35 bits per heavy atom. The number of ether oxygens (including phenoxy) is 2. The molecule has 4 heteroatoms. The third-order valence-electron chi connectivity index (χ3n) is 3.10. The summed E-state index contributed by atoms with van der Waals surface area (Å²) < 4.78 is 10.7. The molecule has 0 fully saturated rings.